The Morgan fingerprint density at radius 2 is 1.76 bits per heavy atom. The number of nitrogens with two attached hydrogens (primary N) is 1. The third-order valence-corrected chi connectivity index (χ3v) is 6.25. The molecule has 9 nitrogen and oxygen atoms in total. The van der Waals surface area contributed by atoms with E-state index in [4.69, 9.17) is 5.73 Å². The maximum atomic E-state index is 12.9. The van der Waals surface area contributed by atoms with Gasteiger partial charge in [-0.25, -0.2) is 4.79 Å². The molecule has 0 saturated carbocycles. The summed E-state index contributed by atoms with van der Waals surface area (Å²) in [6.07, 6.45) is 2.94. The van der Waals surface area contributed by atoms with E-state index in [1.54, 1.807) is 11.8 Å². The van der Waals surface area contributed by atoms with Gasteiger partial charge in [0.05, 0.1) is 13.1 Å². The molecule has 1 aliphatic rings. The highest BCUT2D eigenvalue weighted by molar-refractivity contribution is 6.01. The van der Waals surface area contributed by atoms with Crippen LogP contribution in [0.5, 0.6) is 0 Å². The molecule has 1 aromatic carbocycles. The lowest BCUT2D eigenvalue weighted by atomic mass is 10.1. The molecule has 1 amide bonds. The summed E-state index contributed by atoms with van der Waals surface area (Å²) in [6.45, 7) is 10.7. The molecule has 0 spiro atoms. The van der Waals surface area contributed by atoms with Crippen LogP contribution in [-0.2, 0) is 17.9 Å². The quantitative estimate of drug-likeness (QED) is 0.441. The molecule has 1 atom stereocenters. The standard InChI is InChI=1S/C20H26N4O3.C5H11NO/c1-3-23-19(26)17(16(25)13-22-11-7-8-14(22)2)18(21)24(20(23)27)12-15-9-5-4-6-10-15;1-3-6(4-2)5-7/h4-6,9-10,14H,3,7-8,11-13,21H2,1-2H3;5H,3-4H2,1-2H3. The summed E-state index contributed by atoms with van der Waals surface area (Å²) in [7, 11) is 0. The molecule has 0 bridgehead atoms. The van der Waals surface area contributed by atoms with Crippen molar-refractivity contribution in [1.29, 1.82) is 0 Å². The summed E-state index contributed by atoms with van der Waals surface area (Å²) < 4.78 is 2.40. The molecular formula is C25H37N5O4. The van der Waals surface area contributed by atoms with Crippen molar-refractivity contribution in [1.82, 2.24) is 18.9 Å². The maximum absolute atomic E-state index is 12.9. The van der Waals surface area contributed by atoms with Crippen molar-refractivity contribution < 1.29 is 9.59 Å². The van der Waals surface area contributed by atoms with Crippen molar-refractivity contribution in [3.63, 3.8) is 0 Å². The van der Waals surface area contributed by atoms with Crippen molar-refractivity contribution >= 4 is 18.0 Å². The number of carbonyl (C=O) groups excluding carboxylic acids is 2. The van der Waals surface area contributed by atoms with Gasteiger partial charge in [-0.05, 0) is 52.6 Å². The Labute approximate surface area is 200 Å². The van der Waals surface area contributed by atoms with Crippen LogP contribution in [-0.4, -0.2) is 63.3 Å². The molecular weight excluding hydrogens is 434 g/mol. The van der Waals surface area contributed by atoms with Crippen LogP contribution in [0.1, 0.15) is 56.5 Å². The Bertz CT molecular complexity index is 1070. The summed E-state index contributed by atoms with van der Waals surface area (Å²) in [6, 6.07) is 9.68. The van der Waals surface area contributed by atoms with Gasteiger partial charge in [-0.3, -0.25) is 28.4 Å². The molecule has 0 radical (unpaired) electrons. The van der Waals surface area contributed by atoms with Crippen LogP contribution in [0.3, 0.4) is 0 Å². The zero-order valence-corrected chi connectivity index (χ0v) is 20.7. The van der Waals surface area contributed by atoms with E-state index in [1.165, 1.54) is 4.57 Å². The van der Waals surface area contributed by atoms with Crippen molar-refractivity contribution in [3.8, 4) is 0 Å². The lowest BCUT2D eigenvalue weighted by Crippen LogP contribution is -2.45. The zero-order chi connectivity index (χ0) is 25.3. The van der Waals surface area contributed by atoms with E-state index < -0.39 is 11.2 Å². The number of Topliss-reactive ketones (excluding diaryl/α,β-unsaturated/α-hetero) is 1. The van der Waals surface area contributed by atoms with Gasteiger partial charge in [0.25, 0.3) is 5.56 Å². The molecule has 9 heteroatoms. The first kappa shape index (κ1) is 27.0. The normalized spacial score (nSPS) is 15.5. The number of hydrogen-bond acceptors (Lipinski definition) is 6. The van der Waals surface area contributed by atoms with Crippen molar-refractivity contribution in [3.05, 3.63) is 62.3 Å². The van der Waals surface area contributed by atoms with Crippen molar-refractivity contribution in [2.75, 3.05) is 31.9 Å². The van der Waals surface area contributed by atoms with E-state index in [-0.39, 0.29) is 36.8 Å². The SMILES string of the molecule is CCN(C=O)CC.CCn1c(=O)c(C(=O)CN2CCCC2C)c(N)n(Cc2ccccc2)c1=O. The minimum absolute atomic E-state index is 0.0459. The van der Waals surface area contributed by atoms with E-state index in [0.717, 1.165) is 49.0 Å². The second-order valence-electron chi connectivity index (χ2n) is 8.38. The predicted octanol–water partition coefficient (Wildman–Crippen LogP) is 1.81. The molecule has 1 unspecified atom stereocenters. The highest BCUT2D eigenvalue weighted by atomic mass is 16.2. The average molecular weight is 472 g/mol. The highest BCUT2D eigenvalue weighted by Gasteiger charge is 2.27. The molecule has 2 aromatic rings. The van der Waals surface area contributed by atoms with E-state index in [0.29, 0.717) is 6.04 Å². The van der Waals surface area contributed by atoms with Crippen molar-refractivity contribution in [2.24, 2.45) is 0 Å². The van der Waals surface area contributed by atoms with Crippen LogP contribution < -0.4 is 17.0 Å². The molecule has 186 valence electrons. The number of aromatic nitrogens is 2. The first-order chi connectivity index (χ1) is 16.3. The number of amides is 1. The van der Waals surface area contributed by atoms with Gasteiger partial charge < -0.3 is 10.6 Å². The fourth-order valence-corrected chi connectivity index (χ4v) is 4.04. The highest BCUT2D eigenvalue weighted by Crippen LogP contribution is 2.17. The molecule has 2 N–H and O–H groups in total. The van der Waals surface area contributed by atoms with Crippen LogP contribution in [0.15, 0.2) is 39.9 Å². The molecule has 1 saturated heterocycles. The van der Waals surface area contributed by atoms with Crippen LogP contribution >= 0.6 is 0 Å². The largest absolute Gasteiger partial charge is 0.384 e. The average Bonchev–Trinajstić information content (AvgIpc) is 3.23. The lowest BCUT2D eigenvalue weighted by Gasteiger charge is -2.21. The first-order valence-electron chi connectivity index (χ1n) is 11.9. The topological polar surface area (TPSA) is 111 Å². The Kier molecular flexibility index (Phi) is 10.2. The summed E-state index contributed by atoms with van der Waals surface area (Å²) in [5.74, 6) is -0.370. The fourth-order valence-electron chi connectivity index (χ4n) is 4.04. The zero-order valence-electron chi connectivity index (χ0n) is 20.7. The minimum Gasteiger partial charge on any atom is -0.384 e. The number of nitrogen functional groups attached to an aromatic ring is 1. The molecule has 0 aliphatic carbocycles. The molecule has 1 aromatic heterocycles. The van der Waals surface area contributed by atoms with Crippen molar-refractivity contribution in [2.45, 2.75) is 59.7 Å². The lowest BCUT2D eigenvalue weighted by molar-refractivity contribution is -0.117. The van der Waals surface area contributed by atoms with Gasteiger partial charge in [-0.2, -0.15) is 0 Å². The predicted molar refractivity (Wildman–Crippen MR) is 134 cm³/mol. The number of hydrogen-bond donors (Lipinski definition) is 1. The van der Waals surface area contributed by atoms with E-state index in [1.807, 2.05) is 44.2 Å². The van der Waals surface area contributed by atoms with E-state index in [9.17, 15) is 19.2 Å². The third-order valence-electron chi connectivity index (χ3n) is 6.25. The monoisotopic (exact) mass is 471 g/mol. The summed E-state index contributed by atoms with van der Waals surface area (Å²) >= 11 is 0. The third kappa shape index (κ3) is 6.44. The summed E-state index contributed by atoms with van der Waals surface area (Å²) in [5, 5.41) is 0. The number of benzene rings is 1. The molecule has 34 heavy (non-hydrogen) atoms. The van der Waals surface area contributed by atoms with E-state index >= 15 is 0 Å². The van der Waals surface area contributed by atoms with E-state index in [2.05, 4.69) is 11.8 Å². The summed E-state index contributed by atoms with van der Waals surface area (Å²) in [5.41, 5.74) is 5.89. The molecule has 2 heterocycles. The molecule has 1 aliphatic heterocycles. The number of ketones is 1. The number of likely N-dealkylation sites (tertiary alicyclic amines) is 1. The van der Waals surface area contributed by atoms with Gasteiger partial charge in [0.15, 0.2) is 5.78 Å². The Morgan fingerprint density at radius 1 is 1.12 bits per heavy atom. The molecule has 1 fully saturated rings. The molecule has 3 rings (SSSR count). The second-order valence-corrected chi connectivity index (χ2v) is 8.38. The Hall–Kier alpha value is -3.20. The number of rotatable bonds is 9. The second kappa shape index (κ2) is 12.9. The number of nitrogens with zero attached hydrogens (tertiary/aromatic N) is 4. The summed E-state index contributed by atoms with van der Waals surface area (Å²) in [4.78, 5) is 52.1. The number of carbonyl (C=O) groups is 2. The van der Waals surface area contributed by atoms with Gasteiger partial charge in [0.1, 0.15) is 11.4 Å². The Morgan fingerprint density at radius 3 is 2.24 bits per heavy atom. The minimum atomic E-state index is -0.596. The van der Waals surface area contributed by atoms with Gasteiger partial charge in [-0.1, -0.05) is 30.3 Å². The Balaban J connectivity index is 0.000000509. The van der Waals surface area contributed by atoms with Gasteiger partial charge in [0, 0.05) is 25.7 Å². The van der Waals surface area contributed by atoms with Gasteiger partial charge in [-0.15, -0.1) is 0 Å². The number of anilines is 1. The fraction of sp³-hybridized carbons (Fsp3) is 0.520. The van der Waals surface area contributed by atoms with Crippen LogP contribution in [0.2, 0.25) is 0 Å². The van der Waals surface area contributed by atoms with Crippen LogP contribution in [0.4, 0.5) is 5.82 Å². The van der Waals surface area contributed by atoms with Gasteiger partial charge in [0.2, 0.25) is 6.41 Å². The first-order valence-corrected chi connectivity index (χ1v) is 11.9. The van der Waals surface area contributed by atoms with Crippen LogP contribution in [0.25, 0.3) is 0 Å². The van der Waals surface area contributed by atoms with Crippen LogP contribution in [0, 0.1) is 0 Å². The maximum Gasteiger partial charge on any atom is 0.332 e. The van der Waals surface area contributed by atoms with Gasteiger partial charge >= 0.3 is 5.69 Å². The smallest absolute Gasteiger partial charge is 0.332 e.